The zero-order valence-electron chi connectivity index (χ0n) is 10.1. The molecule has 1 aromatic rings. The quantitative estimate of drug-likeness (QED) is 0.923. The Kier molecular flexibility index (Phi) is 5.05. The van der Waals surface area contributed by atoms with Crippen molar-refractivity contribution in [2.24, 2.45) is 0 Å². The highest BCUT2D eigenvalue weighted by atomic mass is 79.9. The third kappa shape index (κ3) is 3.63. The van der Waals surface area contributed by atoms with Crippen LogP contribution in [0.25, 0.3) is 0 Å². The van der Waals surface area contributed by atoms with Crippen molar-refractivity contribution in [3.63, 3.8) is 0 Å². The number of halogens is 1. The summed E-state index contributed by atoms with van der Waals surface area (Å²) in [6.45, 7) is 8.53. The minimum Gasteiger partial charge on any atom is -0.383 e. The third-order valence-corrected chi connectivity index (χ3v) is 3.95. The van der Waals surface area contributed by atoms with Crippen molar-refractivity contribution in [3.05, 3.63) is 16.0 Å². The van der Waals surface area contributed by atoms with Crippen molar-refractivity contribution >= 4 is 33.5 Å². The molecule has 0 aliphatic carbocycles. The Morgan fingerprint density at radius 1 is 1.25 bits per heavy atom. The predicted octanol–water partition coefficient (Wildman–Crippen LogP) is 3.59. The van der Waals surface area contributed by atoms with Gasteiger partial charge in [-0.05, 0) is 27.1 Å². The van der Waals surface area contributed by atoms with E-state index in [2.05, 4.69) is 53.6 Å². The molecule has 0 fully saturated rings. The summed E-state index contributed by atoms with van der Waals surface area (Å²) in [5.74, 6) is 2.53. The highest BCUT2D eigenvalue weighted by Crippen LogP contribution is 2.28. The van der Waals surface area contributed by atoms with Crippen LogP contribution in [0.15, 0.2) is 4.47 Å². The van der Waals surface area contributed by atoms with Gasteiger partial charge < -0.3 is 5.73 Å². The predicted molar refractivity (Wildman–Crippen MR) is 74.7 cm³/mol. The number of nitrogen functional groups attached to an aromatic ring is 1. The maximum Gasteiger partial charge on any atom is 0.141 e. The first-order valence-corrected chi connectivity index (χ1v) is 7.19. The lowest BCUT2D eigenvalue weighted by Crippen LogP contribution is -2.06. The van der Waals surface area contributed by atoms with Crippen LogP contribution in [0.3, 0.4) is 0 Å². The van der Waals surface area contributed by atoms with Crippen LogP contribution in [0.2, 0.25) is 0 Å². The topological polar surface area (TPSA) is 51.8 Å². The first-order valence-electron chi connectivity index (χ1n) is 5.35. The van der Waals surface area contributed by atoms with E-state index in [9.17, 15) is 0 Å². The second-order valence-electron chi connectivity index (χ2n) is 4.24. The van der Waals surface area contributed by atoms with E-state index < -0.39 is 0 Å². The molecule has 1 heterocycles. The SMILES string of the molecule is CC(C)SCc1nc(N)c(Br)c(C(C)C)n1. The summed E-state index contributed by atoms with van der Waals surface area (Å²) in [7, 11) is 0. The Labute approximate surface area is 110 Å². The second kappa shape index (κ2) is 5.87. The second-order valence-corrected chi connectivity index (χ2v) is 6.60. The van der Waals surface area contributed by atoms with Crippen LogP contribution in [0, 0.1) is 0 Å². The van der Waals surface area contributed by atoms with Crippen LogP contribution in [0.1, 0.15) is 45.1 Å². The Hall–Kier alpha value is -0.290. The summed E-state index contributed by atoms with van der Waals surface area (Å²) in [6, 6.07) is 0. The van der Waals surface area contributed by atoms with Gasteiger partial charge in [-0.1, -0.05) is 27.7 Å². The Bertz CT molecular complexity index is 366. The molecule has 16 heavy (non-hydrogen) atoms. The summed E-state index contributed by atoms with van der Waals surface area (Å²) < 4.78 is 0.834. The molecule has 0 aliphatic heterocycles. The summed E-state index contributed by atoms with van der Waals surface area (Å²) in [4.78, 5) is 8.83. The summed E-state index contributed by atoms with van der Waals surface area (Å²) in [6.07, 6.45) is 0. The molecule has 90 valence electrons. The highest BCUT2D eigenvalue weighted by Gasteiger charge is 2.13. The van der Waals surface area contributed by atoms with Gasteiger partial charge in [-0.3, -0.25) is 0 Å². The van der Waals surface area contributed by atoms with Gasteiger partial charge in [0.15, 0.2) is 0 Å². The van der Waals surface area contributed by atoms with Crippen LogP contribution < -0.4 is 5.73 Å². The molecule has 2 N–H and O–H groups in total. The molecule has 0 radical (unpaired) electrons. The zero-order valence-corrected chi connectivity index (χ0v) is 12.5. The standard InChI is InChI=1S/C11H18BrN3S/c1-6(2)10-9(12)11(13)15-8(14-10)5-16-7(3)4/h6-7H,5H2,1-4H3,(H2,13,14,15). The van der Waals surface area contributed by atoms with Crippen molar-refractivity contribution in [2.75, 3.05) is 5.73 Å². The lowest BCUT2D eigenvalue weighted by Gasteiger charge is -2.11. The number of aromatic nitrogens is 2. The summed E-state index contributed by atoms with van der Waals surface area (Å²) in [5.41, 5.74) is 6.85. The molecule has 0 amide bonds. The maximum atomic E-state index is 5.86. The first-order chi connectivity index (χ1) is 7.41. The Morgan fingerprint density at radius 2 is 1.88 bits per heavy atom. The minimum atomic E-state index is 0.350. The highest BCUT2D eigenvalue weighted by molar-refractivity contribution is 9.10. The van der Waals surface area contributed by atoms with Crippen molar-refractivity contribution in [2.45, 2.75) is 44.6 Å². The van der Waals surface area contributed by atoms with E-state index in [1.807, 2.05) is 11.8 Å². The lowest BCUT2D eigenvalue weighted by atomic mass is 10.1. The molecule has 0 atom stereocenters. The molecule has 0 spiro atoms. The monoisotopic (exact) mass is 303 g/mol. The summed E-state index contributed by atoms with van der Waals surface area (Å²) >= 11 is 5.26. The van der Waals surface area contributed by atoms with Gasteiger partial charge in [0.2, 0.25) is 0 Å². The van der Waals surface area contributed by atoms with E-state index in [1.54, 1.807) is 0 Å². The molecule has 0 unspecified atom stereocenters. The number of anilines is 1. The molecule has 0 aromatic carbocycles. The number of nitrogens with zero attached hydrogens (tertiary/aromatic N) is 2. The van der Waals surface area contributed by atoms with Crippen LogP contribution in [0.5, 0.6) is 0 Å². The van der Waals surface area contributed by atoms with Crippen LogP contribution in [-0.2, 0) is 5.75 Å². The van der Waals surface area contributed by atoms with Gasteiger partial charge in [-0.25, -0.2) is 9.97 Å². The Morgan fingerprint density at radius 3 is 2.38 bits per heavy atom. The first kappa shape index (κ1) is 13.8. The smallest absolute Gasteiger partial charge is 0.141 e. The average Bonchev–Trinajstić information content (AvgIpc) is 2.19. The number of nitrogens with two attached hydrogens (primary N) is 1. The fourth-order valence-electron chi connectivity index (χ4n) is 1.22. The number of rotatable bonds is 4. The molecule has 0 saturated carbocycles. The lowest BCUT2D eigenvalue weighted by molar-refractivity contribution is 0.794. The fraction of sp³-hybridized carbons (Fsp3) is 0.636. The Balaban J connectivity index is 2.95. The fourth-order valence-corrected chi connectivity index (χ4v) is 2.47. The van der Waals surface area contributed by atoms with E-state index >= 15 is 0 Å². The van der Waals surface area contributed by atoms with E-state index in [1.165, 1.54) is 0 Å². The molecule has 3 nitrogen and oxygen atoms in total. The van der Waals surface area contributed by atoms with Gasteiger partial charge in [0.25, 0.3) is 0 Å². The molecule has 0 saturated heterocycles. The molecular weight excluding hydrogens is 286 g/mol. The molecule has 5 heteroatoms. The molecule has 1 rings (SSSR count). The van der Waals surface area contributed by atoms with Crippen LogP contribution in [-0.4, -0.2) is 15.2 Å². The minimum absolute atomic E-state index is 0.350. The molecule has 0 bridgehead atoms. The van der Waals surface area contributed by atoms with Gasteiger partial charge in [-0.15, -0.1) is 0 Å². The normalized spacial score (nSPS) is 11.4. The van der Waals surface area contributed by atoms with E-state index in [0.717, 1.165) is 21.7 Å². The van der Waals surface area contributed by atoms with Gasteiger partial charge >= 0.3 is 0 Å². The van der Waals surface area contributed by atoms with E-state index in [-0.39, 0.29) is 0 Å². The van der Waals surface area contributed by atoms with Gasteiger partial charge in [0.1, 0.15) is 11.6 Å². The van der Waals surface area contributed by atoms with Crippen LogP contribution in [0.4, 0.5) is 5.82 Å². The largest absolute Gasteiger partial charge is 0.383 e. The third-order valence-electron chi connectivity index (χ3n) is 2.04. The number of thioether (sulfide) groups is 1. The average molecular weight is 304 g/mol. The zero-order chi connectivity index (χ0) is 12.3. The molecule has 1 aromatic heterocycles. The molecular formula is C11H18BrN3S. The van der Waals surface area contributed by atoms with Crippen LogP contribution >= 0.6 is 27.7 Å². The maximum absolute atomic E-state index is 5.86. The number of hydrogen-bond acceptors (Lipinski definition) is 4. The van der Waals surface area contributed by atoms with E-state index in [0.29, 0.717) is 17.0 Å². The van der Waals surface area contributed by atoms with Gasteiger partial charge in [-0.2, -0.15) is 11.8 Å². The van der Waals surface area contributed by atoms with Crippen molar-refractivity contribution in [3.8, 4) is 0 Å². The molecule has 0 aliphatic rings. The van der Waals surface area contributed by atoms with Crippen molar-refractivity contribution < 1.29 is 0 Å². The van der Waals surface area contributed by atoms with Crippen molar-refractivity contribution in [1.29, 1.82) is 0 Å². The van der Waals surface area contributed by atoms with Gasteiger partial charge in [0.05, 0.1) is 15.9 Å². The summed E-state index contributed by atoms with van der Waals surface area (Å²) in [5, 5.41) is 0.580. The van der Waals surface area contributed by atoms with Crippen molar-refractivity contribution in [1.82, 2.24) is 9.97 Å². The number of hydrogen-bond donors (Lipinski definition) is 1. The van der Waals surface area contributed by atoms with Gasteiger partial charge in [0, 0.05) is 0 Å². The van der Waals surface area contributed by atoms with E-state index in [4.69, 9.17) is 5.73 Å².